The van der Waals surface area contributed by atoms with Crippen LogP contribution in [0.3, 0.4) is 0 Å². The maximum atomic E-state index is 12.3. The summed E-state index contributed by atoms with van der Waals surface area (Å²) in [7, 11) is 0. The number of rotatable bonds is 7. The fourth-order valence-electron chi connectivity index (χ4n) is 1.88. The number of nitrogens with zero attached hydrogens (tertiary/aromatic N) is 1. The molecular weight excluding hydrogens is 384 g/mol. The lowest BCUT2D eigenvalue weighted by atomic mass is 10.1. The minimum absolute atomic E-state index is 0.309. The van der Waals surface area contributed by atoms with Crippen molar-refractivity contribution >= 4 is 45.0 Å². The Balaban J connectivity index is 2.03. The second kappa shape index (κ2) is 8.26. The zero-order valence-electron chi connectivity index (χ0n) is 12.8. The number of esters is 1. The Labute approximate surface area is 146 Å². The molecule has 0 bridgehead atoms. The Hall–Kier alpha value is -1.67. The molecule has 1 N–H and O–H groups in total. The predicted molar refractivity (Wildman–Crippen MR) is 90.6 cm³/mol. The van der Waals surface area contributed by atoms with Gasteiger partial charge in [-0.25, -0.2) is 4.79 Å². The van der Waals surface area contributed by atoms with Gasteiger partial charge in [0.05, 0.1) is 3.79 Å². The number of thiophene rings is 1. The van der Waals surface area contributed by atoms with Gasteiger partial charge in [-0.15, -0.1) is 11.3 Å². The van der Waals surface area contributed by atoms with Gasteiger partial charge in [-0.1, -0.05) is 18.5 Å². The molecule has 0 radical (unpaired) electrons. The minimum Gasteiger partial charge on any atom is -0.448 e. The first-order valence-electron chi connectivity index (χ1n) is 7.20. The number of aromatic nitrogens is 1. The van der Waals surface area contributed by atoms with Crippen LogP contribution in [-0.2, 0) is 9.53 Å². The van der Waals surface area contributed by atoms with Crippen molar-refractivity contribution in [3.63, 3.8) is 0 Å². The zero-order valence-corrected chi connectivity index (χ0v) is 15.2. The van der Waals surface area contributed by atoms with Crippen LogP contribution in [0.25, 0.3) is 0 Å². The smallest absolute Gasteiger partial charge is 0.349 e. The zero-order chi connectivity index (χ0) is 16.8. The third-order valence-corrected chi connectivity index (χ3v) is 4.62. The summed E-state index contributed by atoms with van der Waals surface area (Å²) >= 11 is 4.56. The van der Waals surface area contributed by atoms with Crippen LogP contribution in [-0.4, -0.2) is 23.1 Å². The Morgan fingerprint density at radius 3 is 2.83 bits per heavy atom. The molecule has 124 valence electrons. The van der Waals surface area contributed by atoms with E-state index < -0.39 is 18.0 Å². The second-order valence-electron chi connectivity index (χ2n) is 4.95. The molecule has 0 aliphatic rings. The van der Waals surface area contributed by atoms with Crippen LogP contribution >= 0.6 is 27.3 Å². The topological polar surface area (TPSA) is 81.4 Å². The van der Waals surface area contributed by atoms with Crippen LogP contribution in [0.15, 0.2) is 26.5 Å². The van der Waals surface area contributed by atoms with E-state index in [1.165, 1.54) is 11.3 Å². The highest BCUT2D eigenvalue weighted by atomic mass is 79.9. The number of aryl methyl sites for hydroxylation is 1. The molecule has 0 fully saturated rings. The number of ether oxygens (including phenoxy) is 1. The molecule has 1 atom stereocenters. The fourth-order valence-corrected chi connectivity index (χ4v) is 3.15. The molecule has 0 saturated carbocycles. The lowest BCUT2D eigenvalue weighted by Gasteiger charge is -2.16. The molecule has 2 rings (SSSR count). The molecule has 2 aromatic heterocycles. The van der Waals surface area contributed by atoms with Gasteiger partial charge in [0.15, 0.2) is 11.9 Å². The van der Waals surface area contributed by atoms with Gasteiger partial charge >= 0.3 is 5.97 Å². The van der Waals surface area contributed by atoms with Gasteiger partial charge in [-0.3, -0.25) is 4.79 Å². The van der Waals surface area contributed by atoms with Gasteiger partial charge in [0.1, 0.15) is 10.6 Å². The number of anilines is 1. The molecule has 0 aliphatic carbocycles. The molecule has 8 heteroatoms. The van der Waals surface area contributed by atoms with Gasteiger partial charge in [-0.05, 0) is 47.8 Å². The summed E-state index contributed by atoms with van der Waals surface area (Å²) < 4.78 is 11.1. The molecule has 0 saturated heterocycles. The lowest BCUT2D eigenvalue weighted by Crippen LogP contribution is -2.32. The van der Waals surface area contributed by atoms with Gasteiger partial charge < -0.3 is 14.6 Å². The summed E-state index contributed by atoms with van der Waals surface area (Å²) in [4.78, 5) is 24.9. The van der Waals surface area contributed by atoms with Crippen molar-refractivity contribution in [1.29, 1.82) is 0 Å². The Kier molecular flexibility index (Phi) is 6.35. The van der Waals surface area contributed by atoms with Crippen molar-refractivity contribution in [2.45, 2.75) is 39.2 Å². The van der Waals surface area contributed by atoms with E-state index >= 15 is 0 Å². The molecule has 0 aromatic carbocycles. The van der Waals surface area contributed by atoms with Crippen LogP contribution in [0.4, 0.5) is 5.82 Å². The Morgan fingerprint density at radius 2 is 2.26 bits per heavy atom. The third kappa shape index (κ3) is 5.18. The SMILES string of the molecule is CCCCC(OC(=O)c1ccc(Br)s1)C(=O)Nc1cc(C)on1. The molecule has 0 spiro atoms. The van der Waals surface area contributed by atoms with Gasteiger partial charge in [0.25, 0.3) is 5.91 Å². The van der Waals surface area contributed by atoms with E-state index in [9.17, 15) is 9.59 Å². The first kappa shape index (κ1) is 17.7. The van der Waals surface area contributed by atoms with Crippen molar-refractivity contribution in [2.75, 3.05) is 5.32 Å². The van der Waals surface area contributed by atoms with Crippen molar-refractivity contribution in [3.05, 3.63) is 32.6 Å². The van der Waals surface area contributed by atoms with E-state index in [0.29, 0.717) is 22.9 Å². The van der Waals surface area contributed by atoms with E-state index in [4.69, 9.17) is 9.26 Å². The lowest BCUT2D eigenvalue weighted by molar-refractivity contribution is -0.125. The van der Waals surface area contributed by atoms with Crippen LogP contribution in [0, 0.1) is 6.92 Å². The number of carbonyl (C=O) groups excluding carboxylic acids is 2. The summed E-state index contributed by atoms with van der Waals surface area (Å²) in [6.45, 7) is 3.74. The van der Waals surface area contributed by atoms with Crippen molar-refractivity contribution in [3.8, 4) is 0 Å². The average molecular weight is 401 g/mol. The highest BCUT2D eigenvalue weighted by Gasteiger charge is 2.24. The van der Waals surface area contributed by atoms with Crippen LogP contribution in [0.1, 0.15) is 41.6 Å². The molecule has 2 heterocycles. The molecule has 1 amide bonds. The first-order valence-corrected chi connectivity index (χ1v) is 8.81. The maximum Gasteiger partial charge on any atom is 0.349 e. The summed E-state index contributed by atoms with van der Waals surface area (Å²) in [5.74, 6) is -0.0150. The van der Waals surface area contributed by atoms with E-state index in [1.807, 2.05) is 6.92 Å². The molecule has 6 nitrogen and oxygen atoms in total. The summed E-state index contributed by atoms with van der Waals surface area (Å²) in [6, 6.07) is 5.03. The standard InChI is InChI=1S/C15H17BrN2O4S/c1-3-4-5-10(14(19)17-13-8-9(2)22-18-13)21-15(20)11-6-7-12(16)23-11/h6-8,10H,3-5H2,1-2H3,(H,17,18,19). The first-order chi connectivity index (χ1) is 11.0. The quantitative estimate of drug-likeness (QED) is 0.705. The van der Waals surface area contributed by atoms with E-state index in [2.05, 4.69) is 26.4 Å². The molecule has 2 aromatic rings. The highest BCUT2D eigenvalue weighted by molar-refractivity contribution is 9.11. The van der Waals surface area contributed by atoms with Crippen LogP contribution in [0.5, 0.6) is 0 Å². The number of hydrogen-bond acceptors (Lipinski definition) is 6. The number of carbonyl (C=O) groups is 2. The number of hydrogen-bond donors (Lipinski definition) is 1. The van der Waals surface area contributed by atoms with Crippen molar-refractivity contribution < 1.29 is 18.8 Å². The minimum atomic E-state index is -0.861. The maximum absolute atomic E-state index is 12.3. The number of unbranched alkanes of at least 4 members (excludes halogenated alkanes) is 1. The molecular formula is C15H17BrN2O4S. The van der Waals surface area contributed by atoms with Gasteiger partial charge in [0, 0.05) is 6.07 Å². The van der Waals surface area contributed by atoms with Gasteiger partial charge in [0.2, 0.25) is 0 Å². The molecule has 0 aliphatic heterocycles. The van der Waals surface area contributed by atoms with Crippen molar-refractivity contribution in [2.24, 2.45) is 0 Å². The van der Waals surface area contributed by atoms with Crippen LogP contribution < -0.4 is 5.32 Å². The average Bonchev–Trinajstić information content (AvgIpc) is 3.11. The Morgan fingerprint density at radius 1 is 1.48 bits per heavy atom. The largest absolute Gasteiger partial charge is 0.448 e. The normalized spacial score (nSPS) is 12.0. The van der Waals surface area contributed by atoms with Crippen LogP contribution in [0.2, 0.25) is 0 Å². The third-order valence-electron chi connectivity index (χ3n) is 3.02. The summed E-state index contributed by atoms with van der Waals surface area (Å²) in [5.41, 5.74) is 0. The number of amides is 1. The number of nitrogens with one attached hydrogen (secondary N) is 1. The van der Waals surface area contributed by atoms with E-state index in [1.54, 1.807) is 25.1 Å². The predicted octanol–water partition coefficient (Wildman–Crippen LogP) is 4.16. The summed E-state index contributed by atoms with van der Waals surface area (Å²) in [5, 5.41) is 6.31. The molecule has 23 heavy (non-hydrogen) atoms. The Bertz CT molecular complexity index is 683. The fraction of sp³-hybridized carbons (Fsp3) is 0.400. The van der Waals surface area contributed by atoms with E-state index in [0.717, 1.165) is 16.6 Å². The number of halogens is 1. The van der Waals surface area contributed by atoms with E-state index in [-0.39, 0.29) is 0 Å². The summed E-state index contributed by atoms with van der Waals surface area (Å²) in [6.07, 6.45) is 1.27. The highest BCUT2D eigenvalue weighted by Crippen LogP contribution is 2.23. The monoisotopic (exact) mass is 400 g/mol. The second-order valence-corrected chi connectivity index (χ2v) is 7.42. The van der Waals surface area contributed by atoms with Gasteiger partial charge in [-0.2, -0.15) is 0 Å². The van der Waals surface area contributed by atoms with Crippen molar-refractivity contribution in [1.82, 2.24) is 5.16 Å². The molecule has 1 unspecified atom stereocenters.